The number of hydrogen-bond acceptors (Lipinski definition) is 7. The second-order valence-electron chi connectivity index (χ2n) is 8.41. The van der Waals surface area contributed by atoms with Gasteiger partial charge in [-0.3, -0.25) is 4.79 Å². The van der Waals surface area contributed by atoms with Gasteiger partial charge < -0.3 is 15.5 Å². The monoisotopic (exact) mass is 441 g/mol. The normalized spacial score (nSPS) is 15.7. The second-order valence-corrected chi connectivity index (χ2v) is 8.41. The van der Waals surface area contributed by atoms with Crippen LogP contribution in [0.3, 0.4) is 0 Å². The summed E-state index contributed by atoms with van der Waals surface area (Å²) in [6, 6.07) is 15.3. The van der Waals surface area contributed by atoms with E-state index in [9.17, 15) is 10.1 Å². The Bertz CT molecular complexity index is 1140. The number of benzene rings is 1. The molecule has 2 aromatic heterocycles. The minimum absolute atomic E-state index is 0.000618. The lowest BCUT2D eigenvalue weighted by molar-refractivity contribution is 0.0933. The predicted octanol–water partition coefficient (Wildman–Crippen LogP) is 4.01. The van der Waals surface area contributed by atoms with Crippen LogP contribution in [0, 0.1) is 11.3 Å². The molecule has 3 aromatic rings. The van der Waals surface area contributed by atoms with Crippen LogP contribution in [0.25, 0.3) is 0 Å². The van der Waals surface area contributed by atoms with Crippen molar-refractivity contribution in [3.8, 4) is 6.07 Å². The van der Waals surface area contributed by atoms with Crippen LogP contribution in [0.4, 0.5) is 17.5 Å². The number of piperidine rings is 1. The lowest BCUT2D eigenvalue weighted by Crippen LogP contribution is -2.48. The van der Waals surface area contributed by atoms with Crippen LogP contribution >= 0.6 is 0 Å². The first kappa shape index (κ1) is 22.2. The van der Waals surface area contributed by atoms with E-state index in [-0.39, 0.29) is 17.6 Å². The molecule has 0 aliphatic carbocycles. The van der Waals surface area contributed by atoms with Crippen molar-refractivity contribution in [1.82, 2.24) is 20.3 Å². The van der Waals surface area contributed by atoms with Crippen molar-refractivity contribution in [3.05, 3.63) is 71.7 Å². The number of aromatic nitrogens is 3. The number of hydrogen-bond donors (Lipinski definition) is 2. The molecule has 1 fully saturated rings. The van der Waals surface area contributed by atoms with E-state index in [1.165, 1.54) is 5.56 Å². The molecule has 8 nitrogen and oxygen atoms in total. The number of nitrogens with zero attached hydrogens (tertiary/aromatic N) is 5. The highest BCUT2D eigenvalue weighted by Crippen LogP contribution is 2.23. The van der Waals surface area contributed by atoms with Crippen molar-refractivity contribution in [2.24, 2.45) is 0 Å². The van der Waals surface area contributed by atoms with Crippen LogP contribution in [0.15, 0.2) is 54.9 Å². The zero-order valence-electron chi connectivity index (χ0n) is 18.8. The molecule has 1 aliphatic rings. The highest BCUT2D eigenvalue weighted by molar-refractivity contribution is 5.94. The van der Waals surface area contributed by atoms with Gasteiger partial charge >= 0.3 is 0 Å². The van der Waals surface area contributed by atoms with Crippen molar-refractivity contribution in [2.75, 3.05) is 23.3 Å². The van der Waals surface area contributed by atoms with Crippen LogP contribution in [-0.2, 0) is 0 Å². The molecule has 33 heavy (non-hydrogen) atoms. The first-order valence-corrected chi connectivity index (χ1v) is 11.1. The van der Waals surface area contributed by atoms with E-state index in [1.807, 2.05) is 36.4 Å². The molecule has 1 aliphatic heterocycles. The molecule has 0 radical (unpaired) electrons. The molecular formula is C25H27N7O. The summed E-state index contributed by atoms with van der Waals surface area (Å²) in [7, 11) is 0. The highest BCUT2D eigenvalue weighted by atomic mass is 16.1. The van der Waals surface area contributed by atoms with Gasteiger partial charge in [0.05, 0.1) is 6.20 Å². The Balaban J connectivity index is 1.45. The Labute approximate surface area is 193 Å². The molecule has 1 atom stereocenters. The van der Waals surface area contributed by atoms with Gasteiger partial charge in [-0.1, -0.05) is 32.0 Å². The van der Waals surface area contributed by atoms with Gasteiger partial charge in [-0.25, -0.2) is 15.0 Å². The lowest BCUT2D eigenvalue weighted by atomic mass is 10.0. The van der Waals surface area contributed by atoms with Crippen LogP contribution in [0.1, 0.15) is 54.2 Å². The molecule has 8 heteroatoms. The number of nitrogens with one attached hydrogen (secondary N) is 2. The van der Waals surface area contributed by atoms with Gasteiger partial charge in [0.1, 0.15) is 17.7 Å². The first-order valence-electron chi connectivity index (χ1n) is 11.1. The molecule has 1 saturated heterocycles. The summed E-state index contributed by atoms with van der Waals surface area (Å²) in [6.07, 6.45) is 5.09. The Morgan fingerprint density at radius 1 is 1.18 bits per heavy atom. The van der Waals surface area contributed by atoms with Crippen LogP contribution in [0.5, 0.6) is 0 Å². The van der Waals surface area contributed by atoms with Crippen LogP contribution < -0.4 is 15.5 Å². The van der Waals surface area contributed by atoms with E-state index in [2.05, 4.69) is 50.4 Å². The SMILES string of the molecule is CC(C)c1ccc(C(=O)N[C@@H]2CCCN(c3cnc(C#N)c(Nc4ccccn4)n3)C2)cc1. The average molecular weight is 442 g/mol. The summed E-state index contributed by atoms with van der Waals surface area (Å²) in [5, 5.41) is 15.7. The molecule has 0 spiro atoms. The largest absolute Gasteiger partial charge is 0.353 e. The van der Waals surface area contributed by atoms with Crippen molar-refractivity contribution >= 4 is 23.4 Å². The minimum atomic E-state index is -0.0689. The number of carbonyl (C=O) groups excluding carboxylic acids is 1. The van der Waals surface area contributed by atoms with Crippen molar-refractivity contribution < 1.29 is 4.79 Å². The van der Waals surface area contributed by atoms with Gasteiger partial charge in [0, 0.05) is 30.9 Å². The number of amides is 1. The topological polar surface area (TPSA) is 107 Å². The molecule has 1 aromatic carbocycles. The molecule has 2 N–H and O–H groups in total. The number of rotatable bonds is 6. The van der Waals surface area contributed by atoms with Gasteiger partial charge in [0.2, 0.25) is 0 Å². The van der Waals surface area contributed by atoms with E-state index in [1.54, 1.807) is 18.5 Å². The first-order chi connectivity index (χ1) is 16.0. The maximum absolute atomic E-state index is 12.8. The molecule has 4 rings (SSSR count). The van der Waals surface area contributed by atoms with Gasteiger partial charge in [0.15, 0.2) is 11.5 Å². The third kappa shape index (κ3) is 5.44. The fourth-order valence-corrected chi connectivity index (χ4v) is 3.85. The maximum atomic E-state index is 12.8. The third-order valence-electron chi connectivity index (χ3n) is 5.70. The van der Waals surface area contributed by atoms with Crippen molar-refractivity contribution in [1.29, 1.82) is 5.26 Å². The third-order valence-corrected chi connectivity index (χ3v) is 5.70. The molecule has 3 heterocycles. The molecule has 168 valence electrons. The summed E-state index contributed by atoms with van der Waals surface area (Å²) in [4.78, 5) is 28.0. The Morgan fingerprint density at radius 2 is 2.00 bits per heavy atom. The second kappa shape index (κ2) is 10.1. The number of pyridine rings is 1. The summed E-state index contributed by atoms with van der Waals surface area (Å²) in [5.41, 5.74) is 2.08. The van der Waals surface area contributed by atoms with Crippen LogP contribution in [0.2, 0.25) is 0 Å². The zero-order chi connectivity index (χ0) is 23.2. The van der Waals surface area contributed by atoms with Crippen molar-refractivity contribution in [2.45, 2.75) is 38.6 Å². The minimum Gasteiger partial charge on any atom is -0.353 e. The van der Waals surface area contributed by atoms with Crippen molar-refractivity contribution in [3.63, 3.8) is 0 Å². The smallest absolute Gasteiger partial charge is 0.251 e. The lowest BCUT2D eigenvalue weighted by Gasteiger charge is -2.34. The quantitative estimate of drug-likeness (QED) is 0.595. The Kier molecular flexibility index (Phi) is 6.79. The maximum Gasteiger partial charge on any atom is 0.251 e. The standard InChI is InChI=1S/C25H27N7O/c1-17(2)18-8-10-19(11-9-18)25(33)29-20-6-5-13-32(16-20)23-15-28-21(14-26)24(31-23)30-22-7-3-4-12-27-22/h3-4,7-12,15,17,20H,5-6,13,16H2,1-2H3,(H,29,33)(H,27,30,31)/t20-/m1/s1. The average Bonchev–Trinajstić information content (AvgIpc) is 2.85. The molecular weight excluding hydrogens is 414 g/mol. The van der Waals surface area contributed by atoms with E-state index in [0.29, 0.717) is 35.5 Å². The molecule has 0 unspecified atom stereocenters. The predicted molar refractivity (Wildman–Crippen MR) is 127 cm³/mol. The Morgan fingerprint density at radius 3 is 2.70 bits per heavy atom. The fourth-order valence-electron chi connectivity index (χ4n) is 3.85. The van der Waals surface area contributed by atoms with Gasteiger partial charge in [-0.2, -0.15) is 5.26 Å². The molecule has 0 bridgehead atoms. The van der Waals surface area contributed by atoms with E-state index < -0.39 is 0 Å². The zero-order valence-corrected chi connectivity index (χ0v) is 18.8. The van der Waals surface area contributed by atoms with Crippen LogP contribution in [-0.4, -0.2) is 40.0 Å². The summed E-state index contributed by atoms with van der Waals surface area (Å²) in [5.74, 6) is 1.98. The number of nitriles is 1. The Hall–Kier alpha value is -3.99. The number of carbonyl (C=O) groups is 1. The fraction of sp³-hybridized carbons (Fsp3) is 0.320. The van der Waals surface area contributed by atoms with Gasteiger partial charge in [0.25, 0.3) is 5.91 Å². The number of anilines is 3. The molecule has 1 amide bonds. The van der Waals surface area contributed by atoms with E-state index >= 15 is 0 Å². The highest BCUT2D eigenvalue weighted by Gasteiger charge is 2.24. The van der Waals surface area contributed by atoms with E-state index in [0.717, 1.165) is 19.4 Å². The summed E-state index contributed by atoms with van der Waals surface area (Å²) >= 11 is 0. The molecule has 0 saturated carbocycles. The van der Waals surface area contributed by atoms with Gasteiger partial charge in [-0.05, 0) is 48.6 Å². The summed E-state index contributed by atoms with van der Waals surface area (Å²) in [6.45, 7) is 5.70. The summed E-state index contributed by atoms with van der Waals surface area (Å²) < 4.78 is 0. The van der Waals surface area contributed by atoms with E-state index in [4.69, 9.17) is 0 Å². The van der Waals surface area contributed by atoms with Gasteiger partial charge in [-0.15, -0.1) is 0 Å².